The predicted octanol–water partition coefficient (Wildman–Crippen LogP) is 4.62. The van der Waals surface area contributed by atoms with Gasteiger partial charge in [-0.2, -0.15) is 11.8 Å². The van der Waals surface area contributed by atoms with E-state index in [0.717, 1.165) is 17.1 Å². The molecular weight excluding hydrogens is 344 g/mol. The molecular formula is C21H22N2O2S. The first-order chi connectivity index (χ1) is 12.6. The van der Waals surface area contributed by atoms with Gasteiger partial charge < -0.3 is 9.84 Å². The second-order valence-corrected chi connectivity index (χ2v) is 7.23. The second kappa shape index (κ2) is 8.72. The number of nitrogens with zero attached hydrogens (tertiary/aromatic N) is 1. The molecule has 134 valence electrons. The van der Waals surface area contributed by atoms with Crippen molar-refractivity contribution in [3.05, 3.63) is 77.0 Å². The third kappa shape index (κ3) is 4.55. The Morgan fingerprint density at radius 3 is 2.54 bits per heavy atom. The number of benzene rings is 2. The van der Waals surface area contributed by atoms with Gasteiger partial charge in [-0.1, -0.05) is 65.3 Å². The number of hydrogen-bond donors (Lipinski definition) is 1. The zero-order valence-electron chi connectivity index (χ0n) is 15.0. The molecule has 0 bridgehead atoms. The molecule has 1 heterocycles. The minimum absolute atomic E-state index is 0.140. The molecule has 0 radical (unpaired) electrons. The molecule has 0 saturated heterocycles. The van der Waals surface area contributed by atoms with Gasteiger partial charge in [-0.25, -0.2) is 0 Å². The Bertz CT molecular complexity index is 857. The monoisotopic (exact) mass is 366 g/mol. The van der Waals surface area contributed by atoms with Crippen LogP contribution in [0.2, 0.25) is 0 Å². The fraction of sp³-hybridized carbons (Fsp3) is 0.238. The molecule has 1 N–H and O–H groups in total. The summed E-state index contributed by atoms with van der Waals surface area (Å²) in [5.74, 6) is 2.19. The summed E-state index contributed by atoms with van der Waals surface area (Å²) in [6.45, 7) is 4.46. The molecule has 0 aliphatic heterocycles. The van der Waals surface area contributed by atoms with Crippen molar-refractivity contribution in [2.24, 2.45) is 0 Å². The van der Waals surface area contributed by atoms with Crippen LogP contribution in [0, 0.1) is 13.8 Å². The standard InChI is InChI=1S/C21H22N2O2S/c1-15-8-10-17(11-9-15)14-26-13-12-22-21(24)19-16(2)25-23-20(19)18-6-4-3-5-7-18/h3-11H,12-14H2,1-2H3,(H,22,24). The topological polar surface area (TPSA) is 55.1 Å². The molecule has 2 aromatic carbocycles. The summed E-state index contributed by atoms with van der Waals surface area (Å²) in [7, 11) is 0. The summed E-state index contributed by atoms with van der Waals surface area (Å²) in [4.78, 5) is 12.6. The molecule has 3 aromatic rings. The van der Waals surface area contributed by atoms with Crippen molar-refractivity contribution in [2.75, 3.05) is 12.3 Å². The van der Waals surface area contributed by atoms with Gasteiger partial charge in [0.2, 0.25) is 0 Å². The zero-order valence-corrected chi connectivity index (χ0v) is 15.8. The van der Waals surface area contributed by atoms with E-state index in [1.807, 2.05) is 30.3 Å². The molecule has 0 atom stereocenters. The van der Waals surface area contributed by atoms with Gasteiger partial charge in [-0.15, -0.1) is 0 Å². The molecule has 0 unspecified atom stereocenters. The number of nitrogens with one attached hydrogen (secondary N) is 1. The lowest BCUT2D eigenvalue weighted by Gasteiger charge is -2.06. The van der Waals surface area contributed by atoms with Crippen molar-refractivity contribution < 1.29 is 9.32 Å². The summed E-state index contributed by atoms with van der Waals surface area (Å²) in [5.41, 5.74) is 4.55. The maximum absolute atomic E-state index is 12.6. The van der Waals surface area contributed by atoms with Crippen LogP contribution in [0.15, 0.2) is 59.1 Å². The van der Waals surface area contributed by atoms with Gasteiger partial charge in [0.15, 0.2) is 0 Å². The lowest BCUT2D eigenvalue weighted by atomic mass is 10.1. The van der Waals surface area contributed by atoms with Crippen LogP contribution < -0.4 is 5.32 Å². The zero-order chi connectivity index (χ0) is 18.4. The van der Waals surface area contributed by atoms with Crippen molar-refractivity contribution in [2.45, 2.75) is 19.6 Å². The SMILES string of the molecule is Cc1ccc(CSCCNC(=O)c2c(-c3ccccc3)noc2C)cc1. The Hall–Kier alpha value is -2.53. The highest BCUT2D eigenvalue weighted by atomic mass is 32.2. The largest absolute Gasteiger partial charge is 0.360 e. The molecule has 1 amide bonds. The van der Waals surface area contributed by atoms with Crippen LogP contribution in [0.1, 0.15) is 27.2 Å². The van der Waals surface area contributed by atoms with E-state index in [4.69, 9.17) is 4.52 Å². The van der Waals surface area contributed by atoms with Crippen LogP contribution in [0.25, 0.3) is 11.3 Å². The number of aromatic nitrogens is 1. The lowest BCUT2D eigenvalue weighted by molar-refractivity contribution is 0.0955. The van der Waals surface area contributed by atoms with Gasteiger partial charge in [0.25, 0.3) is 5.91 Å². The van der Waals surface area contributed by atoms with Crippen LogP contribution in [-0.2, 0) is 5.75 Å². The van der Waals surface area contributed by atoms with Crippen molar-refractivity contribution in [3.63, 3.8) is 0 Å². The Morgan fingerprint density at radius 1 is 1.08 bits per heavy atom. The maximum Gasteiger partial charge on any atom is 0.257 e. The Balaban J connectivity index is 1.53. The Kier molecular flexibility index (Phi) is 6.12. The number of amides is 1. The molecule has 1 aromatic heterocycles. The number of carbonyl (C=O) groups excluding carboxylic acids is 1. The van der Waals surface area contributed by atoms with Gasteiger partial charge >= 0.3 is 0 Å². The first-order valence-corrected chi connectivity index (χ1v) is 9.74. The van der Waals surface area contributed by atoms with Crippen LogP contribution in [-0.4, -0.2) is 23.4 Å². The lowest BCUT2D eigenvalue weighted by Crippen LogP contribution is -2.26. The summed E-state index contributed by atoms with van der Waals surface area (Å²) in [5, 5.41) is 7.03. The van der Waals surface area contributed by atoms with E-state index >= 15 is 0 Å². The van der Waals surface area contributed by atoms with E-state index in [1.165, 1.54) is 11.1 Å². The summed E-state index contributed by atoms with van der Waals surface area (Å²) in [6.07, 6.45) is 0. The normalized spacial score (nSPS) is 10.7. The maximum atomic E-state index is 12.6. The Labute approximate surface area is 158 Å². The quantitative estimate of drug-likeness (QED) is 0.620. The van der Waals surface area contributed by atoms with Crippen LogP contribution in [0.5, 0.6) is 0 Å². The van der Waals surface area contributed by atoms with Gasteiger partial charge in [-0.3, -0.25) is 4.79 Å². The minimum Gasteiger partial charge on any atom is -0.360 e. The van der Waals surface area contributed by atoms with E-state index in [2.05, 4.69) is 41.7 Å². The molecule has 5 heteroatoms. The molecule has 3 rings (SSSR count). The van der Waals surface area contributed by atoms with E-state index in [-0.39, 0.29) is 5.91 Å². The van der Waals surface area contributed by atoms with Crippen LogP contribution in [0.4, 0.5) is 0 Å². The first-order valence-electron chi connectivity index (χ1n) is 8.58. The average Bonchev–Trinajstić information content (AvgIpc) is 3.05. The molecule has 4 nitrogen and oxygen atoms in total. The summed E-state index contributed by atoms with van der Waals surface area (Å²) < 4.78 is 5.25. The second-order valence-electron chi connectivity index (χ2n) is 6.12. The van der Waals surface area contributed by atoms with E-state index in [9.17, 15) is 4.79 Å². The van der Waals surface area contributed by atoms with Gasteiger partial charge in [0.1, 0.15) is 17.0 Å². The molecule has 0 aliphatic rings. The highest BCUT2D eigenvalue weighted by molar-refractivity contribution is 7.98. The smallest absolute Gasteiger partial charge is 0.257 e. The average molecular weight is 366 g/mol. The summed E-state index contributed by atoms with van der Waals surface area (Å²) >= 11 is 1.80. The van der Waals surface area contributed by atoms with Crippen LogP contribution in [0.3, 0.4) is 0 Å². The highest BCUT2D eigenvalue weighted by Crippen LogP contribution is 2.24. The van der Waals surface area contributed by atoms with Gasteiger partial charge in [0.05, 0.1) is 0 Å². The first kappa shape index (κ1) is 18.3. The van der Waals surface area contributed by atoms with E-state index in [0.29, 0.717) is 23.6 Å². The number of rotatable bonds is 7. The van der Waals surface area contributed by atoms with Gasteiger partial charge in [-0.05, 0) is 19.4 Å². The fourth-order valence-electron chi connectivity index (χ4n) is 2.63. The number of thioether (sulfide) groups is 1. The molecule has 26 heavy (non-hydrogen) atoms. The highest BCUT2D eigenvalue weighted by Gasteiger charge is 2.20. The number of carbonyl (C=O) groups is 1. The minimum atomic E-state index is -0.140. The number of hydrogen-bond acceptors (Lipinski definition) is 4. The molecule has 0 fully saturated rings. The van der Waals surface area contributed by atoms with Crippen molar-refractivity contribution in [1.29, 1.82) is 0 Å². The predicted molar refractivity (Wildman–Crippen MR) is 106 cm³/mol. The third-order valence-electron chi connectivity index (χ3n) is 4.06. The fourth-order valence-corrected chi connectivity index (χ4v) is 3.45. The molecule has 0 aliphatic carbocycles. The van der Waals surface area contributed by atoms with E-state index in [1.54, 1.807) is 18.7 Å². The van der Waals surface area contributed by atoms with Gasteiger partial charge in [0, 0.05) is 23.6 Å². The third-order valence-corrected chi connectivity index (χ3v) is 5.09. The van der Waals surface area contributed by atoms with Crippen molar-refractivity contribution in [1.82, 2.24) is 10.5 Å². The van der Waals surface area contributed by atoms with Crippen molar-refractivity contribution >= 4 is 17.7 Å². The summed E-state index contributed by atoms with van der Waals surface area (Å²) in [6, 6.07) is 18.2. The van der Waals surface area contributed by atoms with Crippen LogP contribution >= 0.6 is 11.8 Å². The molecule has 0 spiro atoms. The van der Waals surface area contributed by atoms with Crippen molar-refractivity contribution in [3.8, 4) is 11.3 Å². The van der Waals surface area contributed by atoms with E-state index < -0.39 is 0 Å². The number of aryl methyl sites for hydroxylation is 2. The molecule has 0 saturated carbocycles. The Morgan fingerprint density at radius 2 is 1.81 bits per heavy atom.